The molecule has 1 aliphatic rings. The van der Waals surface area contributed by atoms with Crippen molar-refractivity contribution in [1.29, 1.82) is 0 Å². The smallest absolute Gasteiger partial charge is 0.0924 e. The number of rotatable bonds is 6. The van der Waals surface area contributed by atoms with Gasteiger partial charge in [-0.25, -0.2) is 4.98 Å². The van der Waals surface area contributed by atoms with Crippen molar-refractivity contribution in [3.05, 3.63) is 70.5 Å². The zero-order chi connectivity index (χ0) is 18.6. The van der Waals surface area contributed by atoms with Gasteiger partial charge in [0, 0.05) is 53.5 Å². The maximum atomic E-state index is 6.17. The van der Waals surface area contributed by atoms with E-state index in [-0.39, 0.29) is 0 Å². The molecule has 27 heavy (non-hydrogen) atoms. The molecule has 0 bridgehead atoms. The average molecular weight is 405 g/mol. The zero-order valence-corrected chi connectivity index (χ0v) is 16.5. The minimum absolute atomic E-state index is 0.302. The number of halogens is 2. The Morgan fingerprint density at radius 1 is 1.15 bits per heavy atom. The number of hydrogen-bond acceptors (Lipinski definition) is 3. The van der Waals surface area contributed by atoms with Crippen LogP contribution in [0.1, 0.15) is 24.2 Å². The number of benzene rings is 1. The Morgan fingerprint density at radius 3 is 2.63 bits per heavy atom. The van der Waals surface area contributed by atoms with Crippen LogP contribution in [0, 0.1) is 0 Å². The SMILES string of the molecule is Clc1cc(Cl)cc(-n2cccc2CN2CCC(OCc3c[nH]cn3)CC2)c1. The van der Waals surface area contributed by atoms with Crippen molar-refractivity contribution in [3.8, 4) is 5.69 Å². The molecule has 0 amide bonds. The van der Waals surface area contributed by atoms with Crippen LogP contribution in [-0.4, -0.2) is 38.6 Å². The third kappa shape index (κ3) is 4.74. The van der Waals surface area contributed by atoms with Crippen molar-refractivity contribution in [1.82, 2.24) is 19.4 Å². The Morgan fingerprint density at radius 2 is 1.93 bits per heavy atom. The molecule has 2 aromatic heterocycles. The van der Waals surface area contributed by atoms with Gasteiger partial charge in [-0.1, -0.05) is 23.2 Å². The van der Waals surface area contributed by atoms with Gasteiger partial charge in [-0.3, -0.25) is 4.90 Å². The number of imidazole rings is 1. The molecule has 0 atom stereocenters. The van der Waals surface area contributed by atoms with Gasteiger partial charge in [-0.2, -0.15) is 0 Å². The Bertz CT molecular complexity index is 850. The third-order valence-electron chi connectivity index (χ3n) is 4.90. The molecule has 1 aliphatic heterocycles. The van der Waals surface area contributed by atoms with Crippen molar-refractivity contribution >= 4 is 23.2 Å². The van der Waals surface area contributed by atoms with Gasteiger partial charge >= 0.3 is 0 Å². The van der Waals surface area contributed by atoms with Gasteiger partial charge in [-0.15, -0.1) is 0 Å². The van der Waals surface area contributed by atoms with Crippen molar-refractivity contribution in [3.63, 3.8) is 0 Å². The van der Waals surface area contributed by atoms with Crippen LogP contribution < -0.4 is 0 Å². The number of aromatic nitrogens is 3. The minimum atomic E-state index is 0.302. The van der Waals surface area contributed by atoms with Crippen LogP contribution in [-0.2, 0) is 17.9 Å². The van der Waals surface area contributed by atoms with E-state index < -0.39 is 0 Å². The summed E-state index contributed by atoms with van der Waals surface area (Å²) in [6.07, 6.45) is 7.99. The molecule has 0 radical (unpaired) electrons. The summed E-state index contributed by atoms with van der Waals surface area (Å²) in [5, 5.41) is 1.29. The van der Waals surface area contributed by atoms with E-state index in [4.69, 9.17) is 27.9 Å². The lowest BCUT2D eigenvalue weighted by molar-refractivity contribution is -0.00538. The number of H-pyrrole nitrogens is 1. The normalized spacial score (nSPS) is 16.1. The van der Waals surface area contributed by atoms with Gasteiger partial charge in [0.2, 0.25) is 0 Å². The second-order valence-corrected chi connectivity index (χ2v) is 7.72. The van der Waals surface area contributed by atoms with Crippen LogP contribution >= 0.6 is 23.2 Å². The van der Waals surface area contributed by atoms with Gasteiger partial charge < -0.3 is 14.3 Å². The molecule has 3 aromatic rings. The molecule has 4 rings (SSSR count). The molecule has 1 aromatic carbocycles. The third-order valence-corrected chi connectivity index (χ3v) is 5.34. The Labute approximate surface area is 168 Å². The predicted molar refractivity (Wildman–Crippen MR) is 107 cm³/mol. The van der Waals surface area contributed by atoms with Crippen molar-refractivity contribution in [2.24, 2.45) is 0 Å². The van der Waals surface area contributed by atoms with Crippen molar-refractivity contribution in [2.45, 2.75) is 32.1 Å². The van der Waals surface area contributed by atoms with E-state index in [2.05, 4.69) is 37.8 Å². The summed E-state index contributed by atoms with van der Waals surface area (Å²) < 4.78 is 8.14. The zero-order valence-electron chi connectivity index (χ0n) is 14.9. The van der Waals surface area contributed by atoms with Gasteiger partial charge in [0.25, 0.3) is 0 Å². The van der Waals surface area contributed by atoms with Crippen molar-refractivity contribution < 1.29 is 4.74 Å². The van der Waals surface area contributed by atoms with Crippen LogP contribution in [0.4, 0.5) is 0 Å². The summed E-state index contributed by atoms with van der Waals surface area (Å²) in [4.78, 5) is 9.63. The molecule has 1 saturated heterocycles. The van der Waals surface area contributed by atoms with Crippen LogP contribution in [0.25, 0.3) is 5.69 Å². The molecule has 142 valence electrons. The fourth-order valence-corrected chi connectivity index (χ4v) is 4.03. The molecular formula is C20H22Cl2N4O. The van der Waals surface area contributed by atoms with Crippen LogP contribution in [0.15, 0.2) is 49.1 Å². The molecule has 3 heterocycles. The van der Waals surface area contributed by atoms with E-state index in [9.17, 15) is 0 Å². The average Bonchev–Trinajstić information content (AvgIpc) is 3.32. The number of nitrogens with zero attached hydrogens (tertiary/aromatic N) is 3. The second-order valence-electron chi connectivity index (χ2n) is 6.84. The highest BCUT2D eigenvalue weighted by molar-refractivity contribution is 6.34. The van der Waals surface area contributed by atoms with Gasteiger partial charge in [0.05, 0.1) is 24.7 Å². The molecule has 1 fully saturated rings. The largest absolute Gasteiger partial charge is 0.372 e. The lowest BCUT2D eigenvalue weighted by Gasteiger charge is -2.32. The number of aromatic amines is 1. The fraction of sp³-hybridized carbons (Fsp3) is 0.350. The monoisotopic (exact) mass is 404 g/mol. The maximum absolute atomic E-state index is 6.17. The minimum Gasteiger partial charge on any atom is -0.372 e. The Hall–Kier alpha value is -1.79. The van der Waals surface area contributed by atoms with E-state index in [1.807, 2.05) is 18.3 Å². The predicted octanol–water partition coefficient (Wildman–Crippen LogP) is 4.69. The van der Waals surface area contributed by atoms with E-state index in [0.29, 0.717) is 22.8 Å². The molecule has 5 nitrogen and oxygen atoms in total. The summed E-state index contributed by atoms with van der Waals surface area (Å²) in [6, 6.07) is 9.83. The number of piperidine rings is 1. The Kier molecular flexibility index (Phi) is 5.83. The first kappa shape index (κ1) is 18.6. The number of nitrogens with one attached hydrogen (secondary N) is 1. The fourth-order valence-electron chi connectivity index (χ4n) is 3.51. The van der Waals surface area contributed by atoms with Crippen LogP contribution in [0.5, 0.6) is 0 Å². The number of ether oxygens (including phenoxy) is 1. The topological polar surface area (TPSA) is 46.1 Å². The van der Waals surface area contributed by atoms with Crippen molar-refractivity contribution in [2.75, 3.05) is 13.1 Å². The summed E-state index contributed by atoms with van der Waals surface area (Å²) in [7, 11) is 0. The molecule has 7 heteroatoms. The summed E-state index contributed by atoms with van der Waals surface area (Å²) in [5.41, 5.74) is 3.17. The molecule has 1 N–H and O–H groups in total. The maximum Gasteiger partial charge on any atom is 0.0924 e. The van der Waals surface area contributed by atoms with Crippen LogP contribution in [0.2, 0.25) is 10.0 Å². The van der Waals surface area contributed by atoms with Gasteiger partial charge in [0.15, 0.2) is 0 Å². The molecule has 0 unspecified atom stereocenters. The summed E-state index contributed by atoms with van der Waals surface area (Å²) in [5.74, 6) is 0. The van der Waals surface area contributed by atoms with Gasteiger partial charge in [0.1, 0.15) is 0 Å². The lowest BCUT2D eigenvalue weighted by atomic mass is 10.1. The molecular weight excluding hydrogens is 383 g/mol. The molecule has 0 spiro atoms. The first-order chi connectivity index (χ1) is 13.2. The number of hydrogen-bond donors (Lipinski definition) is 1. The standard InChI is InChI=1S/C20H22Cl2N4O/c21-15-8-16(22)10-19(9-15)26-5-1-2-18(26)12-25-6-3-20(4-7-25)27-13-17-11-23-14-24-17/h1-2,5,8-11,14,20H,3-4,6-7,12-13H2,(H,23,24). The molecule has 0 saturated carbocycles. The van der Waals surface area contributed by atoms with Gasteiger partial charge in [-0.05, 0) is 43.2 Å². The summed E-state index contributed by atoms with van der Waals surface area (Å²) in [6.45, 7) is 3.51. The van der Waals surface area contributed by atoms with E-state index in [0.717, 1.165) is 43.9 Å². The van der Waals surface area contributed by atoms with Crippen LogP contribution in [0.3, 0.4) is 0 Å². The quantitative estimate of drug-likeness (QED) is 0.647. The van der Waals surface area contributed by atoms with E-state index >= 15 is 0 Å². The highest BCUT2D eigenvalue weighted by Gasteiger charge is 2.21. The van der Waals surface area contributed by atoms with E-state index in [1.54, 1.807) is 12.4 Å². The summed E-state index contributed by atoms with van der Waals surface area (Å²) >= 11 is 12.3. The first-order valence-electron chi connectivity index (χ1n) is 9.12. The highest BCUT2D eigenvalue weighted by atomic mass is 35.5. The lowest BCUT2D eigenvalue weighted by Crippen LogP contribution is -2.36. The second kappa shape index (κ2) is 8.48. The molecule has 0 aliphatic carbocycles. The highest BCUT2D eigenvalue weighted by Crippen LogP contribution is 2.24. The Balaban J connectivity index is 1.34. The number of likely N-dealkylation sites (tertiary alicyclic amines) is 1. The first-order valence-corrected chi connectivity index (χ1v) is 9.87. The van der Waals surface area contributed by atoms with E-state index in [1.165, 1.54) is 5.69 Å².